The van der Waals surface area contributed by atoms with Crippen molar-refractivity contribution in [2.45, 2.75) is 32.0 Å². The summed E-state index contributed by atoms with van der Waals surface area (Å²) in [5.41, 5.74) is 0. The molecule has 146 valence electrons. The lowest BCUT2D eigenvalue weighted by atomic mass is 10.1. The van der Waals surface area contributed by atoms with Crippen LogP contribution in [0.25, 0.3) is 0 Å². The molecule has 2 N–H and O–H groups in total. The summed E-state index contributed by atoms with van der Waals surface area (Å²) in [6.07, 6.45) is 4.15. The highest BCUT2D eigenvalue weighted by Gasteiger charge is 2.43. The maximum absolute atomic E-state index is 12.0. The van der Waals surface area contributed by atoms with Gasteiger partial charge in [-0.3, -0.25) is 0 Å². The fourth-order valence-electron chi connectivity index (χ4n) is 3.77. The average molecular weight is 392 g/mol. The molecule has 0 amide bonds. The van der Waals surface area contributed by atoms with Gasteiger partial charge in [0.1, 0.15) is 18.0 Å². The molecule has 0 aromatic carbocycles. The van der Waals surface area contributed by atoms with Gasteiger partial charge >= 0.3 is 0 Å². The quantitative estimate of drug-likeness (QED) is 0.659. The fraction of sp³-hybridized carbons (Fsp3) is 0.625. The summed E-state index contributed by atoms with van der Waals surface area (Å²) in [4.78, 5) is 11.0. The molecule has 27 heavy (non-hydrogen) atoms. The number of rotatable bonds is 6. The summed E-state index contributed by atoms with van der Waals surface area (Å²) in [7, 11) is -3.00. The average Bonchev–Trinajstić information content (AvgIpc) is 3.23. The van der Waals surface area contributed by atoms with E-state index in [0.29, 0.717) is 12.5 Å². The largest absolute Gasteiger partial charge is 0.354 e. The van der Waals surface area contributed by atoms with Crippen molar-refractivity contribution in [1.29, 1.82) is 0 Å². The predicted molar refractivity (Wildman–Crippen MR) is 102 cm³/mol. The van der Waals surface area contributed by atoms with Gasteiger partial charge < -0.3 is 20.1 Å². The molecule has 11 heteroatoms. The Morgan fingerprint density at radius 2 is 2.26 bits per heavy atom. The highest BCUT2D eigenvalue weighted by molar-refractivity contribution is 7.91. The van der Waals surface area contributed by atoms with Crippen LogP contribution in [0.15, 0.2) is 18.6 Å². The second-order valence-electron chi connectivity index (χ2n) is 6.85. The molecule has 0 saturated carbocycles. The number of fused-ring (bicyclic) bond motifs is 1. The molecule has 2 aliphatic rings. The molecule has 10 nitrogen and oxygen atoms in total. The van der Waals surface area contributed by atoms with E-state index in [1.807, 2.05) is 10.6 Å². The second-order valence-corrected chi connectivity index (χ2v) is 9.00. The Kier molecular flexibility index (Phi) is 4.96. The fourth-order valence-corrected chi connectivity index (χ4v) is 5.72. The van der Waals surface area contributed by atoms with Crippen LogP contribution in [-0.2, 0) is 22.8 Å². The van der Waals surface area contributed by atoms with Gasteiger partial charge in [-0.05, 0) is 13.0 Å². The van der Waals surface area contributed by atoms with Crippen molar-refractivity contribution in [3.8, 4) is 0 Å². The standard InChI is InChI=1S/C16H24N8O2S/c1-2-23-11-20-22-15(23)4-6-19-16-18-5-3-14(21-16)24-8-7-17-12-9-27(25,26)10-13(12)24/h3,5,11-13,17H,2,4,6-10H2,1H3,(H,18,19,21)/t12-,13+/m0/s1. The molecule has 4 rings (SSSR count). The lowest BCUT2D eigenvalue weighted by molar-refractivity contribution is 0.423. The van der Waals surface area contributed by atoms with Gasteiger partial charge in [0, 0.05) is 44.8 Å². The van der Waals surface area contributed by atoms with Crippen LogP contribution in [0, 0.1) is 0 Å². The van der Waals surface area contributed by atoms with Crippen molar-refractivity contribution in [3.63, 3.8) is 0 Å². The third kappa shape index (κ3) is 3.88. The Hall–Kier alpha value is -2.27. The number of piperazine rings is 1. The molecule has 2 saturated heterocycles. The molecule has 0 radical (unpaired) electrons. The van der Waals surface area contributed by atoms with Gasteiger partial charge in [0.2, 0.25) is 5.95 Å². The van der Waals surface area contributed by atoms with E-state index in [9.17, 15) is 8.42 Å². The van der Waals surface area contributed by atoms with E-state index < -0.39 is 9.84 Å². The topological polar surface area (TPSA) is 118 Å². The number of sulfone groups is 1. The van der Waals surface area contributed by atoms with Crippen LogP contribution in [0.4, 0.5) is 11.8 Å². The van der Waals surface area contributed by atoms with E-state index in [1.165, 1.54) is 0 Å². The van der Waals surface area contributed by atoms with Gasteiger partial charge in [-0.15, -0.1) is 10.2 Å². The van der Waals surface area contributed by atoms with Gasteiger partial charge in [0.25, 0.3) is 0 Å². The van der Waals surface area contributed by atoms with Crippen molar-refractivity contribution < 1.29 is 8.42 Å². The monoisotopic (exact) mass is 392 g/mol. The van der Waals surface area contributed by atoms with Gasteiger partial charge in [-0.1, -0.05) is 0 Å². The lowest BCUT2D eigenvalue weighted by Crippen LogP contribution is -2.57. The zero-order chi connectivity index (χ0) is 18.9. The second kappa shape index (κ2) is 7.39. The number of anilines is 2. The predicted octanol–water partition coefficient (Wildman–Crippen LogP) is -0.682. The van der Waals surface area contributed by atoms with Crippen molar-refractivity contribution in [3.05, 3.63) is 24.4 Å². The van der Waals surface area contributed by atoms with Gasteiger partial charge in [-0.2, -0.15) is 4.98 Å². The Balaban J connectivity index is 1.43. The van der Waals surface area contributed by atoms with E-state index in [1.54, 1.807) is 12.5 Å². The number of nitrogens with zero attached hydrogens (tertiary/aromatic N) is 6. The smallest absolute Gasteiger partial charge is 0.224 e. The first-order chi connectivity index (χ1) is 13.1. The SMILES string of the molecule is CCn1cnnc1CCNc1nccc(N2CCN[C@H]3CS(=O)(=O)C[C@H]32)n1. The van der Waals surface area contributed by atoms with Crippen LogP contribution >= 0.6 is 0 Å². The maximum Gasteiger partial charge on any atom is 0.224 e. The lowest BCUT2D eigenvalue weighted by Gasteiger charge is -2.38. The molecular weight excluding hydrogens is 368 g/mol. The van der Waals surface area contributed by atoms with Crippen molar-refractivity contribution in [2.24, 2.45) is 0 Å². The minimum Gasteiger partial charge on any atom is -0.354 e. The van der Waals surface area contributed by atoms with E-state index in [0.717, 1.165) is 37.7 Å². The van der Waals surface area contributed by atoms with Crippen molar-refractivity contribution >= 4 is 21.6 Å². The minimum atomic E-state index is -3.00. The van der Waals surface area contributed by atoms with Crippen LogP contribution in [0.5, 0.6) is 0 Å². The zero-order valence-corrected chi connectivity index (χ0v) is 16.1. The van der Waals surface area contributed by atoms with E-state index in [-0.39, 0.29) is 23.6 Å². The Morgan fingerprint density at radius 1 is 1.37 bits per heavy atom. The first-order valence-electron chi connectivity index (χ1n) is 9.20. The third-order valence-corrected chi connectivity index (χ3v) is 6.80. The van der Waals surface area contributed by atoms with E-state index >= 15 is 0 Å². The first-order valence-corrected chi connectivity index (χ1v) is 11.0. The van der Waals surface area contributed by atoms with Crippen LogP contribution in [0.2, 0.25) is 0 Å². The van der Waals surface area contributed by atoms with Crippen molar-refractivity contribution in [2.75, 3.05) is 41.4 Å². The molecule has 0 bridgehead atoms. The maximum atomic E-state index is 12.0. The third-order valence-electron chi connectivity index (χ3n) is 5.09. The normalized spacial score (nSPS) is 24.0. The minimum absolute atomic E-state index is 0.0319. The molecular formula is C16H24N8O2S. The first kappa shape index (κ1) is 18.1. The van der Waals surface area contributed by atoms with Crippen molar-refractivity contribution in [1.82, 2.24) is 30.0 Å². The molecule has 2 aromatic rings. The Labute approximate surface area is 158 Å². The number of hydrogen-bond donors (Lipinski definition) is 2. The molecule has 0 aliphatic carbocycles. The number of aromatic nitrogens is 5. The number of nitrogens with one attached hydrogen (secondary N) is 2. The Morgan fingerprint density at radius 3 is 3.11 bits per heavy atom. The summed E-state index contributed by atoms with van der Waals surface area (Å²) < 4.78 is 26.0. The Bertz CT molecular complexity index is 899. The van der Waals surface area contributed by atoms with Gasteiger partial charge in [-0.25, -0.2) is 13.4 Å². The van der Waals surface area contributed by atoms with Crippen LogP contribution in [-0.4, -0.2) is 76.4 Å². The molecule has 4 heterocycles. The van der Waals surface area contributed by atoms with Crippen LogP contribution in [0.1, 0.15) is 12.7 Å². The molecule has 0 unspecified atom stereocenters. The van der Waals surface area contributed by atoms with E-state index in [4.69, 9.17) is 0 Å². The molecule has 2 aliphatic heterocycles. The molecule has 2 aromatic heterocycles. The molecule has 0 spiro atoms. The molecule has 2 fully saturated rings. The summed E-state index contributed by atoms with van der Waals surface area (Å²) in [6.45, 7) is 5.01. The summed E-state index contributed by atoms with van der Waals surface area (Å²) in [5, 5.41) is 14.6. The zero-order valence-electron chi connectivity index (χ0n) is 15.2. The van der Waals surface area contributed by atoms with Gasteiger partial charge in [0.05, 0.1) is 17.5 Å². The number of aryl methyl sites for hydroxylation is 1. The highest BCUT2D eigenvalue weighted by atomic mass is 32.2. The van der Waals surface area contributed by atoms with Crippen LogP contribution in [0.3, 0.4) is 0 Å². The summed E-state index contributed by atoms with van der Waals surface area (Å²) in [5.74, 6) is 2.58. The molecule has 2 atom stereocenters. The highest BCUT2D eigenvalue weighted by Crippen LogP contribution is 2.25. The van der Waals surface area contributed by atoms with Gasteiger partial charge in [0.15, 0.2) is 9.84 Å². The van der Waals surface area contributed by atoms with Crippen LogP contribution < -0.4 is 15.5 Å². The summed E-state index contributed by atoms with van der Waals surface area (Å²) in [6, 6.07) is 1.73. The van der Waals surface area contributed by atoms with E-state index in [2.05, 4.69) is 42.6 Å². The summed E-state index contributed by atoms with van der Waals surface area (Å²) >= 11 is 0. The number of hydrogen-bond acceptors (Lipinski definition) is 9.